The molecule has 0 saturated carbocycles. The molecule has 418 valence electrons. The average Bonchev–Trinajstić information content (AvgIpc) is 3.38. The van der Waals surface area contributed by atoms with E-state index in [1.807, 2.05) is 0 Å². The second kappa shape index (κ2) is 52.1. The second-order valence-corrected chi connectivity index (χ2v) is 20.8. The summed E-state index contributed by atoms with van der Waals surface area (Å²) in [4.78, 5) is 13.1. The van der Waals surface area contributed by atoms with Gasteiger partial charge in [0.25, 0.3) is 0 Å². The molecule has 0 radical (unpaired) electrons. The summed E-state index contributed by atoms with van der Waals surface area (Å²) >= 11 is 0. The van der Waals surface area contributed by atoms with E-state index < -0.39 is 49.5 Å². The molecule has 6 N–H and O–H groups in total. The molecule has 0 bridgehead atoms. The fraction of sp³-hybridized carbons (Fsp3) is 0.794. The molecule has 9 nitrogen and oxygen atoms in total. The lowest BCUT2D eigenvalue weighted by Gasteiger charge is -2.40. The van der Waals surface area contributed by atoms with Crippen LogP contribution in [0.15, 0.2) is 72.9 Å². The molecule has 0 aromatic heterocycles. The van der Waals surface area contributed by atoms with Crippen LogP contribution < -0.4 is 5.32 Å². The summed E-state index contributed by atoms with van der Waals surface area (Å²) in [6.07, 6.45) is 65.2. The third kappa shape index (κ3) is 40.9. The van der Waals surface area contributed by atoms with Gasteiger partial charge in [-0.3, -0.25) is 4.79 Å². The molecule has 1 amide bonds. The van der Waals surface area contributed by atoms with E-state index in [1.54, 1.807) is 0 Å². The van der Waals surface area contributed by atoms with Crippen LogP contribution >= 0.6 is 0 Å². The smallest absolute Gasteiger partial charge is 0.220 e. The zero-order valence-electron chi connectivity index (χ0n) is 46.4. The Morgan fingerprint density at radius 3 is 1.28 bits per heavy atom. The normalized spacial score (nSPS) is 19.7. The number of nitrogens with one attached hydrogen (secondary N) is 1. The number of rotatable bonds is 51. The molecular formula is C63H113NO8. The van der Waals surface area contributed by atoms with E-state index in [4.69, 9.17) is 9.47 Å². The molecule has 72 heavy (non-hydrogen) atoms. The lowest BCUT2D eigenvalue weighted by Crippen LogP contribution is -2.60. The van der Waals surface area contributed by atoms with Crippen LogP contribution in [0.2, 0.25) is 0 Å². The third-order valence-electron chi connectivity index (χ3n) is 14.1. The van der Waals surface area contributed by atoms with Crippen LogP contribution in [-0.4, -0.2) is 87.5 Å². The van der Waals surface area contributed by atoms with E-state index in [0.29, 0.717) is 12.8 Å². The number of ether oxygens (including phenoxy) is 2. The van der Waals surface area contributed by atoms with Crippen molar-refractivity contribution >= 4 is 5.91 Å². The molecule has 1 heterocycles. The number of unbranched alkanes of at least 4 members (excludes halogenated alkanes) is 29. The van der Waals surface area contributed by atoms with Crippen molar-refractivity contribution in [3.8, 4) is 0 Å². The van der Waals surface area contributed by atoms with Gasteiger partial charge in [-0.2, -0.15) is 0 Å². The average molecular weight is 1010 g/mol. The highest BCUT2D eigenvalue weighted by Crippen LogP contribution is 2.23. The summed E-state index contributed by atoms with van der Waals surface area (Å²) in [5.41, 5.74) is 0. The van der Waals surface area contributed by atoms with Gasteiger partial charge in [-0.1, -0.05) is 267 Å². The van der Waals surface area contributed by atoms with Crippen LogP contribution in [0, 0.1) is 0 Å². The van der Waals surface area contributed by atoms with Gasteiger partial charge < -0.3 is 40.3 Å². The number of aliphatic hydroxyl groups excluding tert-OH is 5. The van der Waals surface area contributed by atoms with Crippen LogP contribution in [0.3, 0.4) is 0 Å². The first kappa shape index (κ1) is 67.6. The van der Waals surface area contributed by atoms with E-state index in [0.717, 1.165) is 77.0 Å². The van der Waals surface area contributed by atoms with Crippen LogP contribution in [0.25, 0.3) is 0 Å². The summed E-state index contributed by atoms with van der Waals surface area (Å²) in [5.74, 6) is -0.144. The molecule has 1 fully saturated rings. The Labute approximate surface area is 442 Å². The van der Waals surface area contributed by atoms with E-state index in [2.05, 4.69) is 92.1 Å². The Morgan fingerprint density at radius 2 is 0.861 bits per heavy atom. The molecule has 1 rings (SSSR count). The van der Waals surface area contributed by atoms with Gasteiger partial charge >= 0.3 is 0 Å². The third-order valence-corrected chi connectivity index (χ3v) is 14.1. The standard InChI is InChI=1S/C63H113NO8/c1-3-5-7-9-11-13-15-17-18-19-20-21-22-23-24-25-26-27-28-29-30-31-32-33-34-35-36-37-38-39-40-41-43-45-47-49-51-53-59(67)64-56(55-71-63-62(70)61(69)60(68)58(54-65)72-63)57(66)52-50-48-46-44-42-16-14-12-10-8-6-4-2/h5,7,11,13,17-18,20-21,23-24,26-27,56-58,60-63,65-66,68-70H,3-4,6,8-10,12,14-16,19,22,25,28-55H2,1-2H3,(H,64,67)/b7-5-,13-11-,18-17-,21-20-,24-23-,27-26-. The first-order chi connectivity index (χ1) is 35.3. The number of allylic oxidation sites excluding steroid dienone is 12. The molecule has 0 aromatic rings. The SMILES string of the molecule is CC/C=C\C/C=C\C/C=C\C/C=C\C/C=C\C/C=C\CCCCCCCCCCCCCCCCCCCCC(=O)NC(COC1OC(CO)C(O)C(O)C1O)C(O)CCCCCCCCCCCCCC. The van der Waals surface area contributed by atoms with Gasteiger partial charge in [-0.25, -0.2) is 0 Å². The number of carbonyl (C=O) groups excluding carboxylic acids is 1. The van der Waals surface area contributed by atoms with Crippen molar-refractivity contribution in [2.24, 2.45) is 0 Å². The van der Waals surface area contributed by atoms with Gasteiger partial charge in [0.15, 0.2) is 6.29 Å². The quantitative estimate of drug-likeness (QED) is 0.0261. The van der Waals surface area contributed by atoms with Gasteiger partial charge in [0, 0.05) is 6.42 Å². The fourth-order valence-electron chi connectivity index (χ4n) is 9.34. The molecule has 7 atom stereocenters. The van der Waals surface area contributed by atoms with Gasteiger partial charge in [-0.05, 0) is 64.2 Å². The monoisotopic (exact) mass is 1010 g/mol. The van der Waals surface area contributed by atoms with Crippen molar-refractivity contribution in [2.75, 3.05) is 13.2 Å². The Balaban J connectivity index is 2.07. The highest BCUT2D eigenvalue weighted by atomic mass is 16.7. The minimum atomic E-state index is -1.55. The predicted octanol–water partition coefficient (Wildman–Crippen LogP) is 15.2. The molecule has 7 unspecified atom stereocenters. The number of amides is 1. The zero-order chi connectivity index (χ0) is 52.2. The first-order valence-corrected chi connectivity index (χ1v) is 30.1. The number of hydrogen-bond donors (Lipinski definition) is 6. The summed E-state index contributed by atoms with van der Waals surface area (Å²) < 4.78 is 11.3. The van der Waals surface area contributed by atoms with Crippen molar-refractivity contribution in [2.45, 2.75) is 307 Å². The van der Waals surface area contributed by atoms with Gasteiger partial charge in [0.2, 0.25) is 5.91 Å². The summed E-state index contributed by atoms with van der Waals surface area (Å²) in [7, 11) is 0. The lowest BCUT2D eigenvalue weighted by molar-refractivity contribution is -0.302. The van der Waals surface area contributed by atoms with Crippen LogP contribution in [0.4, 0.5) is 0 Å². The highest BCUT2D eigenvalue weighted by molar-refractivity contribution is 5.76. The van der Waals surface area contributed by atoms with E-state index in [1.165, 1.54) is 161 Å². The Morgan fingerprint density at radius 1 is 0.486 bits per heavy atom. The summed E-state index contributed by atoms with van der Waals surface area (Å²) in [6, 6.07) is -0.719. The fourth-order valence-corrected chi connectivity index (χ4v) is 9.34. The number of hydrogen-bond acceptors (Lipinski definition) is 8. The van der Waals surface area contributed by atoms with Crippen molar-refractivity contribution in [3.63, 3.8) is 0 Å². The zero-order valence-corrected chi connectivity index (χ0v) is 46.4. The molecule has 1 aliphatic heterocycles. The maximum atomic E-state index is 13.1. The molecular weight excluding hydrogens is 899 g/mol. The molecule has 0 spiro atoms. The number of carbonyl (C=O) groups is 1. The van der Waals surface area contributed by atoms with Gasteiger partial charge in [0.05, 0.1) is 25.4 Å². The molecule has 1 saturated heterocycles. The molecule has 0 aliphatic carbocycles. The Bertz CT molecular complexity index is 1360. The minimum absolute atomic E-state index is 0.137. The summed E-state index contributed by atoms with van der Waals surface area (Å²) in [6.45, 7) is 3.72. The molecule has 9 heteroatoms. The van der Waals surface area contributed by atoms with E-state index >= 15 is 0 Å². The Hall–Kier alpha value is -2.37. The van der Waals surface area contributed by atoms with Crippen LogP contribution in [-0.2, 0) is 14.3 Å². The van der Waals surface area contributed by atoms with Crippen molar-refractivity contribution in [1.82, 2.24) is 5.32 Å². The predicted molar refractivity (Wildman–Crippen MR) is 304 cm³/mol. The maximum Gasteiger partial charge on any atom is 0.220 e. The van der Waals surface area contributed by atoms with Gasteiger partial charge in [-0.15, -0.1) is 0 Å². The number of aliphatic hydroxyl groups is 5. The second-order valence-electron chi connectivity index (χ2n) is 20.8. The van der Waals surface area contributed by atoms with E-state index in [-0.39, 0.29) is 12.5 Å². The maximum absolute atomic E-state index is 13.1. The lowest BCUT2D eigenvalue weighted by atomic mass is 9.99. The topological polar surface area (TPSA) is 149 Å². The van der Waals surface area contributed by atoms with Crippen molar-refractivity contribution in [1.29, 1.82) is 0 Å². The van der Waals surface area contributed by atoms with Crippen LogP contribution in [0.1, 0.15) is 264 Å². The highest BCUT2D eigenvalue weighted by Gasteiger charge is 2.44. The molecule has 0 aromatic carbocycles. The summed E-state index contributed by atoms with van der Waals surface area (Å²) in [5, 5.41) is 54.6. The first-order valence-electron chi connectivity index (χ1n) is 30.1. The minimum Gasteiger partial charge on any atom is -0.394 e. The van der Waals surface area contributed by atoms with Crippen molar-refractivity contribution < 1.29 is 39.8 Å². The van der Waals surface area contributed by atoms with E-state index in [9.17, 15) is 30.3 Å². The van der Waals surface area contributed by atoms with Crippen LogP contribution in [0.5, 0.6) is 0 Å². The Kier molecular flexibility index (Phi) is 48.9. The van der Waals surface area contributed by atoms with Crippen molar-refractivity contribution in [3.05, 3.63) is 72.9 Å². The van der Waals surface area contributed by atoms with Gasteiger partial charge in [0.1, 0.15) is 24.4 Å². The molecule has 1 aliphatic rings. The largest absolute Gasteiger partial charge is 0.394 e.